The Morgan fingerprint density at radius 1 is 1.12 bits per heavy atom. The molecule has 0 spiro atoms. The van der Waals surface area contributed by atoms with Gasteiger partial charge in [0.15, 0.2) is 0 Å². The third kappa shape index (κ3) is 3.98. The van der Waals surface area contributed by atoms with E-state index in [1.165, 1.54) is 17.7 Å². The van der Waals surface area contributed by atoms with Crippen molar-refractivity contribution in [3.63, 3.8) is 0 Å². The van der Waals surface area contributed by atoms with E-state index in [2.05, 4.69) is 41.8 Å². The van der Waals surface area contributed by atoms with Crippen LogP contribution in [-0.4, -0.2) is 48.0 Å². The Morgan fingerprint density at radius 3 is 2.58 bits per heavy atom. The lowest BCUT2D eigenvalue weighted by Crippen LogP contribution is -2.35. The average Bonchev–Trinajstić information content (AvgIpc) is 2.59. The summed E-state index contributed by atoms with van der Waals surface area (Å²) >= 11 is 0. The Balaban J connectivity index is 1.61. The van der Waals surface area contributed by atoms with Gasteiger partial charge in [-0.05, 0) is 50.3 Å². The smallest absolute Gasteiger partial charge is 0.135 e. The van der Waals surface area contributed by atoms with Crippen LogP contribution in [-0.2, 0) is 11.2 Å². The molecule has 1 unspecified atom stereocenters. The second-order valence-corrected chi connectivity index (χ2v) is 7.46. The second-order valence-electron chi connectivity index (χ2n) is 7.46. The van der Waals surface area contributed by atoms with Gasteiger partial charge >= 0.3 is 0 Å². The number of piperidine rings is 1. The van der Waals surface area contributed by atoms with E-state index in [1.807, 2.05) is 0 Å². The van der Waals surface area contributed by atoms with Crippen molar-refractivity contribution in [3.05, 3.63) is 29.3 Å². The number of likely N-dealkylation sites (tertiary alicyclic amines) is 1. The van der Waals surface area contributed by atoms with Crippen LogP contribution in [0.5, 0.6) is 0 Å². The van der Waals surface area contributed by atoms with E-state index in [1.54, 1.807) is 0 Å². The predicted octanol–water partition coefficient (Wildman–Crippen LogP) is 2.94. The van der Waals surface area contributed by atoms with Crippen LogP contribution in [0, 0.1) is 0 Å². The maximum absolute atomic E-state index is 11.3. The number of benzene rings is 1. The Bertz CT molecular complexity index is 575. The Hall–Kier alpha value is -1.39. The van der Waals surface area contributed by atoms with Crippen molar-refractivity contribution < 1.29 is 9.90 Å². The molecule has 4 nitrogen and oxygen atoms in total. The molecule has 1 aromatic rings. The number of fused-ring (bicyclic) bond motifs is 1. The number of anilines is 1. The van der Waals surface area contributed by atoms with Gasteiger partial charge in [0.25, 0.3) is 0 Å². The van der Waals surface area contributed by atoms with Gasteiger partial charge in [-0.1, -0.05) is 12.1 Å². The fraction of sp³-hybridized carbons (Fsp3) is 0.650. The average molecular weight is 330 g/mol. The van der Waals surface area contributed by atoms with Crippen molar-refractivity contribution in [2.45, 2.75) is 58.1 Å². The summed E-state index contributed by atoms with van der Waals surface area (Å²) < 4.78 is 0. The van der Waals surface area contributed by atoms with Gasteiger partial charge in [0.1, 0.15) is 5.78 Å². The van der Waals surface area contributed by atoms with E-state index < -0.39 is 6.10 Å². The Morgan fingerprint density at radius 2 is 1.88 bits per heavy atom. The molecule has 132 valence electrons. The normalized spacial score (nSPS) is 20.3. The lowest BCUT2D eigenvalue weighted by molar-refractivity contribution is -0.121. The molecule has 1 atom stereocenters. The highest BCUT2D eigenvalue weighted by molar-refractivity contribution is 5.79. The van der Waals surface area contributed by atoms with Crippen molar-refractivity contribution >= 4 is 11.5 Å². The first-order valence-electron chi connectivity index (χ1n) is 9.36. The van der Waals surface area contributed by atoms with Gasteiger partial charge in [-0.15, -0.1) is 0 Å². The number of rotatable bonds is 5. The molecule has 1 saturated heterocycles. The van der Waals surface area contributed by atoms with Crippen LogP contribution < -0.4 is 4.90 Å². The highest BCUT2D eigenvalue weighted by atomic mass is 16.3. The first-order valence-corrected chi connectivity index (χ1v) is 9.36. The molecule has 2 aliphatic heterocycles. The second kappa shape index (κ2) is 7.66. The summed E-state index contributed by atoms with van der Waals surface area (Å²) in [5.41, 5.74) is 3.74. The van der Waals surface area contributed by atoms with Gasteiger partial charge in [0.05, 0.1) is 6.10 Å². The highest BCUT2D eigenvalue weighted by Gasteiger charge is 2.21. The van der Waals surface area contributed by atoms with Crippen molar-refractivity contribution in [2.24, 2.45) is 0 Å². The molecular formula is C20H30N2O2. The van der Waals surface area contributed by atoms with Gasteiger partial charge in [0.2, 0.25) is 0 Å². The predicted molar refractivity (Wildman–Crippen MR) is 97.5 cm³/mol. The monoisotopic (exact) mass is 330 g/mol. The van der Waals surface area contributed by atoms with E-state index in [4.69, 9.17) is 0 Å². The maximum Gasteiger partial charge on any atom is 0.135 e. The number of aliphatic hydroxyl groups excluding tert-OH is 1. The van der Waals surface area contributed by atoms with Crippen LogP contribution in [0.2, 0.25) is 0 Å². The number of hydrogen-bond donors (Lipinski definition) is 1. The summed E-state index contributed by atoms with van der Waals surface area (Å²) in [6, 6.07) is 6.99. The summed E-state index contributed by atoms with van der Waals surface area (Å²) in [4.78, 5) is 16.1. The lowest BCUT2D eigenvalue weighted by Gasteiger charge is -2.35. The van der Waals surface area contributed by atoms with Crippen molar-refractivity contribution in [2.75, 3.05) is 31.1 Å². The molecule has 1 N–H and O–H groups in total. The first kappa shape index (κ1) is 17.4. The van der Waals surface area contributed by atoms with E-state index >= 15 is 0 Å². The number of Topliss-reactive ketones (excluding diaryl/α,β-unsaturated/α-hetero) is 1. The first-order chi connectivity index (χ1) is 11.5. The molecule has 0 aliphatic carbocycles. The number of carbonyl (C=O) groups excluding carboxylic acids is 1. The summed E-state index contributed by atoms with van der Waals surface area (Å²) in [6.45, 7) is 8.16. The third-order valence-corrected chi connectivity index (χ3v) is 5.40. The van der Waals surface area contributed by atoms with Gasteiger partial charge in [-0.2, -0.15) is 0 Å². The summed E-state index contributed by atoms with van der Waals surface area (Å²) in [5.74, 6) is 0.371. The molecule has 0 saturated carbocycles. The molecule has 3 rings (SSSR count). The standard InChI is InChI=1S/C20H30N2O2/c1-15(2)22-10-3-4-16-14-17(5-6-19(16)22)20(24)9-13-21-11-7-18(23)8-12-21/h5-6,14-15,20,24H,3-4,7-13H2,1-2H3. The van der Waals surface area contributed by atoms with Crippen LogP contribution in [0.25, 0.3) is 0 Å². The SMILES string of the molecule is CC(C)N1CCCc2cc(C(O)CCN3CCC(=O)CC3)ccc21. The minimum Gasteiger partial charge on any atom is -0.388 e. The summed E-state index contributed by atoms with van der Waals surface area (Å²) in [5, 5.41) is 10.6. The molecule has 0 radical (unpaired) electrons. The zero-order valence-electron chi connectivity index (χ0n) is 15.0. The zero-order valence-corrected chi connectivity index (χ0v) is 15.0. The minimum atomic E-state index is -0.414. The fourth-order valence-corrected chi connectivity index (χ4v) is 3.89. The number of carbonyl (C=O) groups is 1. The van der Waals surface area contributed by atoms with Crippen molar-refractivity contribution in [1.29, 1.82) is 0 Å². The highest BCUT2D eigenvalue weighted by Crippen LogP contribution is 2.31. The molecule has 2 heterocycles. The van der Waals surface area contributed by atoms with Crippen LogP contribution in [0.15, 0.2) is 18.2 Å². The fourth-order valence-electron chi connectivity index (χ4n) is 3.89. The molecule has 24 heavy (non-hydrogen) atoms. The van der Waals surface area contributed by atoms with Gasteiger partial charge in [-0.25, -0.2) is 0 Å². The molecule has 0 bridgehead atoms. The molecule has 0 amide bonds. The van der Waals surface area contributed by atoms with Crippen molar-refractivity contribution in [3.8, 4) is 0 Å². The van der Waals surface area contributed by atoms with Crippen LogP contribution >= 0.6 is 0 Å². The molecular weight excluding hydrogens is 300 g/mol. The Labute approximate surface area is 145 Å². The molecule has 0 aromatic heterocycles. The maximum atomic E-state index is 11.3. The van der Waals surface area contributed by atoms with Gasteiger partial charge < -0.3 is 14.9 Å². The number of hydrogen-bond acceptors (Lipinski definition) is 4. The minimum absolute atomic E-state index is 0.371. The van der Waals surface area contributed by atoms with Crippen LogP contribution in [0.1, 0.15) is 56.8 Å². The Kier molecular flexibility index (Phi) is 5.57. The van der Waals surface area contributed by atoms with Gasteiger partial charge in [-0.3, -0.25) is 4.79 Å². The topological polar surface area (TPSA) is 43.8 Å². The quantitative estimate of drug-likeness (QED) is 0.901. The number of ketones is 1. The van der Waals surface area contributed by atoms with E-state index in [0.717, 1.165) is 44.6 Å². The van der Waals surface area contributed by atoms with E-state index in [9.17, 15) is 9.90 Å². The number of nitrogens with zero attached hydrogens (tertiary/aromatic N) is 2. The third-order valence-electron chi connectivity index (χ3n) is 5.40. The van der Waals surface area contributed by atoms with Gasteiger partial charge in [0, 0.05) is 50.7 Å². The number of aryl methyl sites for hydroxylation is 1. The van der Waals surface area contributed by atoms with E-state index in [0.29, 0.717) is 24.7 Å². The van der Waals surface area contributed by atoms with Crippen molar-refractivity contribution in [1.82, 2.24) is 4.90 Å². The zero-order chi connectivity index (χ0) is 17.1. The van der Waals surface area contributed by atoms with Crippen LogP contribution in [0.4, 0.5) is 5.69 Å². The lowest BCUT2D eigenvalue weighted by atomic mass is 9.95. The number of aliphatic hydroxyl groups is 1. The molecule has 1 fully saturated rings. The summed E-state index contributed by atoms with van der Waals surface area (Å²) in [6.07, 6.45) is 3.95. The van der Waals surface area contributed by atoms with E-state index in [-0.39, 0.29) is 0 Å². The molecule has 1 aromatic carbocycles. The molecule has 4 heteroatoms. The summed E-state index contributed by atoms with van der Waals surface area (Å²) in [7, 11) is 0. The van der Waals surface area contributed by atoms with Crippen LogP contribution in [0.3, 0.4) is 0 Å². The molecule has 2 aliphatic rings. The largest absolute Gasteiger partial charge is 0.388 e.